The lowest BCUT2D eigenvalue weighted by Crippen LogP contribution is -2.72. The molecule has 0 bridgehead atoms. The predicted molar refractivity (Wildman–Crippen MR) is 106 cm³/mol. The Bertz CT molecular complexity index is 907. The zero-order valence-electron chi connectivity index (χ0n) is 17.2. The number of likely N-dealkylation sites (tertiary alicyclic amines) is 1. The molecule has 3 heterocycles. The Hall–Kier alpha value is -2.98. The van der Waals surface area contributed by atoms with E-state index in [2.05, 4.69) is 10.3 Å². The molecule has 0 radical (unpaired) electrons. The van der Waals surface area contributed by atoms with Crippen molar-refractivity contribution in [1.29, 1.82) is 0 Å². The Morgan fingerprint density at radius 2 is 1.90 bits per heavy atom. The molecule has 2 aliphatic heterocycles. The summed E-state index contributed by atoms with van der Waals surface area (Å²) in [6, 6.07) is 2.98. The van der Waals surface area contributed by atoms with Gasteiger partial charge in [-0.15, -0.1) is 0 Å². The van der Waals surface area contributed by atoms with Crippen molar-refractivity contribution >= 4 is 23.4 Å². The highest BCUT2D eigenvalue weighted by atomic mass is 19.3. The topological polar surface area (TPSA) is 118 Å². The number of nitrogens with two attached hydrogens (primary N) is 1. The molecule has 3 fully saturated rings. The molecule has 4 rings (SSSR count). The van der Waals surface area contributed by atoms with E-state index >= 15 is 0 Å². The van der Waals surface area contributed by atoms with Gasteiger partial charge < -0.3 is 25.6 Å². The molecule has 3 N–H and O–H groups in total. The second-order valence-corrected chi connectivity index (χ2v) is 8.74. The molecule has 3 aliphatic rings. The Labute approximate surface area is 177 Å². The van der Waals surface area contributed by atoms with Crippen LogP contribution in [0.15, 0.2) is 12.1 Å². The van der Waals surface area contributed by atoms with Crippen molar-refractivity contribution in [3.63, 3.8) is 0 Å². The molecule has 2 saturated heterocycles. The van der Waals surface area contributed by atoms with E-state index in [4.69, 9.17) is 10.5 Å². The fraction of sp³-hybridized carbons (Fsp3) is 0.600. The molecular formula is C20H25F2N5O4. The van der Waals surface area contributed by atoms with Gasteiger partial charge in [0.25, 0.3) is 11.8 Å². The summed E-state index contributed by atoms with van der Waals surface area (Å²) in [5.41, 5.74) is 4.82. The maximum Gasteiger partial charge on any atom is 0.282 e. The molecular weight excluding hydrogens is 412 g/mol. The van der Waals surface area contributed by atoms with Crippen LogP contribution in [0.2, 0.25) is 0 Å². The van der Waals surface area contributed by atoms with Gasteiger partial charge in [0.15, 0.2) is 0 Å². The van der Waals surface area contributed by atoms with E-state index in [0.29, 0.717) is 18.2 Å². The van der Waals surface area contributed by atoms with Crippen LogP contribution < -0.4 is 20.7 Å². The van der Waals surface area contributed by atoms with Crippen molar-refractivity contribution in [2.75, 3.05) is 37.7 Å². The van der Waals surface area contributed by atoms with Crippen LogP contribution in [0, 0.1) is 5.92 Å². The third-order valence-electron chi connectivity index (χ3n) is 5.73. The lowest BCUT2D eigenvalue weighted by atomic mass is 9.85. The number of carbonyl (C=O) groups is 3. The Kier molecular flexibility index (Phi) is 5.22. The molecule has 31 heavy (non-hydrogen) atoms. The number of nitrogens with one attached hydrogen (secondary N) is 1. The number of anilines is 1. The quantitative estimate of drug-likeness (QED) is 0.613. The molecule has 0 aromatic carbocycles. The molecule has 168 valence electrons. The maximum atomic E-state index is 13.3. The van der Waals surface area contributed by atoms with Crippen molar-refractivity contribution in [3.8, 4) is 5.88 Å². The minimum Gasteiger partial charge on any atom is -0.476 e. The number of aromatic nitrogens is 1. The number of hydrogen-bond donors (Lipinski definition) is 2. The van der Waals surface area contributed by atoms with E-state index in [0.717, 1.165) is 12.8 Å². The monoisotopic (exact) mass is 437 g/mol. The van der Waals surface area contributed by atoms with Crippen LogP contribution in [0.4, 0.5) is 14.5 Å². The molecule has 0 atom stereocenters. The normalized spacial score (nSPS) is 21.0. The molecule has 1 saturated carbocycles. The van der Waals surface area contributed by atoms with Gasteiger partial charge in [0.05, 0.1) is 31.7 Å². The summed E-state index contributed by atoms with van der Waals surface area (Å²) in [7, 11) is 0. The number of halogens is 2. The van der Waals surface area contributed by atoms with Crippen LogP contribution in [0.5, 0.6) is 5.88 Å². The summed E-state index contributed by atoms with van der Waals surface area (Å²) in [6.07, 6.45) is 1.97. The first-order chi connectivity index (χ1) is 14.6. The van der Waals surface area contributed by atoms with Gasteiger partial charge in [0.2, 0.25) is 17.7 Å². The van der Waals surface area contributed by atoms with E-state index < -0.39 is 36.4 Å². The highest BCUT2D eigenvalue weighted by Crippen LogP contribution is 2.38. The summed E-state index contributed by atoms with van der Waals surface area (Å²) < 4.78 is 32.4. The molecule has 1 aromatic heterocycles. The number of alkyl halides is 2. The smallest absolute Gasteiger partial charge is 0.282 e. The number of carbonyl (C=O) groups excluding carboxylic acids is 3. The summed E-state index contributed by atoms with van der Waals surface area (Å²) in [5.74, 6) is -3.52. The lowest BCUT2D eigenvalue weighted by Gasteiger charge is -2.49. The Morgan fingerprint density at radius 1 is 1.23 bits per heavy atom. The van der Waals surface area contributed by atoms with Crippen molar-refractivity contribution in [1.82, 2.24) is 15.2 Å². The van der Waals surface area contributed by atoms with E-state index in [1.807, 2.05) is 0 Å². The Morgan fingerprint density at radius 3 is 2.45 bits per heavy atom. The van der Waals surface area contributed by atoms with Crippen molar-refractivity contribution in [2.24, 2.45) is 11.7 Å². The van der Waals surface area contributed by atoms with E-state index in [9.17, 15) is 23.2 Å². The molecule has 1 aliphatic carbocycles. The first-order valence-corrected chi connectivity index (χ1v) is 10.2. The highest BCUT2D eigenvalue weighted by Gasteiger charge is 2.47. The van der Waals surface area contributed by atoms with Crippen LogP contribution in [0.3, 0.4) is 0 Å². The number of hydrogen-bond acceptors (Lipinski definition) is 6. The van der Waals surface area contributed by atoms with Crippen molar-refractivity contribution in [3.05, 3.63) is 17.8 Å². The fourth-order valence-corrected chi connectivity index (χ4v) is 3.85. The van der Waals surface area contributed by atoms with Crippen LogP contribution in [-0.2, 0) is 9.59 Å². The average molecular weight is 437 g/mol. The van der Waals surface area contributed by atoms with E-state index in [1.54, 1.807) is 6.07 Å². The summed E-state index contributed by atoms with van der Waals surface area (Å²) in [4.78, 5) is 43.1. The number of pyridine rings is 1. The number of amides is 3. The molecule has 11 heteroatoms. The fourth-order valence-electron chi connectivity index (χ4n) is 3.85. The van der Waals surface area contributed by atoms with Gasteiger partial charge in [-0.05, 0) is 30.9 Å². The second-order valence-electron chi connectivity index (χ2n) is 8.74. The van der Waals surface area contributed by atoms with Gasteiger partial charge in [-0.1, -0.05) is 0 Å². The van der Waals surface area contributed by atoms with Crippen LogP contribution in [0.25, 0.3) is 0 Å². The van der Waals surface area contributed by atoms with Crippen LogP contribution in [-0.4, -0.2) is 71.9 Å². The van der Waals surface area contributed by atoms with Gasteiger partial charge in [-0.2, -0.15) is 0 Å². The second kappa shape index (κ2) is 7.61. The first-order valence-electron chi connectivity index (χ1n) is 10.2. The first kappa shape index (κ1) is 21.3. The third kappa shape index (κ3) is 4.70. The molecule has 1 aromatic rings. The lowest BCUT2D eigenvalue weighted by molar-refractivity contribution is -0.139. The molecule has 3 amide bonds. The largest absolute Gasteiger partial charge is 0.476 e. The SMILES string of the molecule is CC(=O)N1CC(CC(N)=O)(NC(=O)c2ccc(N3CC(F)(F)C3)c(OCC3CC3)n2)C1. The molecule has 0 unspecified atom stereocenters. The predicted octanol–water partition coefficient (Wildman–Crippen LogP) is 0.532. The number of rotatable bonds is 8. The van der Waals surface area contributed by atoms with E-state index in [1.165, 1.54) is 22.8 Å². The van der Waals surface area contributed by atoms with Gasteiger partial charge in [-0.25, -0.2) is 13.8 Å². The van der Waals surface area contributed by atoms with Crippen LogP contribution >= 0.6 is 0 Å². The van der Waals surface area contributed by atoms with Gasteiger partial charge >= 0.3 is 0 Å². The number of primary amides is 1. The van der Waals surface area contributed by atoms with E-state index in [-0.39, 0.29) is 37.0 Å². The molecule has 9 nitrogen and oxygen atoms in total. The minimum absolute atomic E-state index is 0.0342. The zero-order valence-corrected chi connectivity index (χ0v) is 17.2. The Balaban J connectivity index is 1.50. The van der Waals surface area contributed by atoms with Gasteiger partial charge in [0.1, 0.15) is 11.4 Å². The number of ether oxygens (including phenoxy) is 1. The third-order valence-corrected chi connectivity index (χ3v) is 5.73. The maximum absolute atomic E-state index is 13.3. The molecule has 0 spiro atoms. The van der Waals surface area contributed by atoms with Gasteiger partial charge in [0, 0.05) is 20.0 Å². The van der Waals surface area contributed by atoms with Crippen molar-refractivity contribution in [2.45, 2.75) is 37.6 Å². The summed E-state index contributed by atoms with van der Waals surface area (Å²) in [5, 5.41) is 2.77. The summed E-state index contributed by atoms with van der Waals surface area (Å²) >= 11 is 0. The van der Waals surface area contributed by atoms with Crippen LogP contribution in [0.1, 0.15) is 36.7 Å². The highest BCUT2D eigenvalue weighted by molar-refractivity contribution is 5.94. The van der Waals surface area contributed by atoms with Crippen molar-refractivity contribution < 1.29 is 27.9 Å². The van der Waals surface area contributed by atoms with Gasteiger partial charge in [-0.3, -0.25) is 14.4 Å². The zero-order chi connectivity index (χ0) is 22.4. The summed E-state index contributed by atoms with van der Waals surface area (Å²) in [6.45, 7) is 1.30. The minimum atomic E-state index is -2.75. The standard InChI is InChI=1S/C20H25F2N5O4/c1-12(28)26-8-19(9-26,6-16(23)29)25-17(30)14-4-5-15(27-10-20(21,22)11-27)18(24-14)31-7-13-2-3-13/h4-5,13H,2-3,6-11H2,1H3,(H2,23,29)(H,25,30). The average Bonchev–Trinajstić information content (AvgIpc) is 3.45. The number of nitrogens with zero attached hydrogens (tertiary/aromatic N) is 3.